The molecule has 2 aromatic carbocycles. The number of rotatable bonds is 3. The van der Waals surface area contributed by atoms with Crippen LogP contribution in [0.4, 0.5) is 13.2 Å². The fourth-order valence-electron chi connectivity index (χ4n) is 2.10. The first-order chi connectivity index (χ1) is 9.82. The molecule has 2 aromatic rings. The highest BCUT2D eigenvalue weighted by Gasteiger charge is 2.30. The summed E-state index contributed by atoms with van der Waals surface area (Å²) in [6.07, 6.45) is -4.35. The molecule has 112 valence electrons. The minimum Gasteiger partial charge on any atom is -0.271 e. The van der Waals surface area contributed by atoms with E-state index < -0.39 is 17.8 Å². The number of benzene rings is 2. The third kappa shape index (κ3) is 3.56. The van der Waals surface area contributed by atoms with Crippen molar-refractivity contribution < 1.29 is 13.2 Å². The number of aryl methyl sites for hydroxylation is 1. The number of hydrogen-bond acceptors (Lipinski definition) is 2. The molecule has 0 saturated heterocycles. The molecule has 0 fully saturated rings. The summed E-state index contributed by atoms with van der Waals surface area (Å²) in [4.78, 5) is 0. The third-order valence-corrected chi connectivity index (χ3v) is 3.68. The molecule has 1 atom stereocenters. The normalized spacial score (nSPS) is 13.2. The van der Waals surface area contributed by atoms with Crippen molar-refractivity contribution in [3.05, 3.63) is 69.7 Å². The molecule has 0 aliphatic heterocycles. The van der Waals surface area contributed by atoms with Crippen molar-refractivity contribution >= 4 is 11.6 Å². The molecule has 0 amide bonds. The van der Waals surface area contributed by atoms with Crippen molar-refractivity contribution in [3.8, 4) is 0 Å². The number of hydrogen-bond donors (Lipinski definition) is 2. The second-order valence-electron chi connectivity index (χ2n) is 4.73. The molecule has 0 aliphatic carbocycles. The van der Waals surface area contributed by atoms with Gasteiger partial charge in [-0.3, -0.25) is 5.84 Å². The molecule has 0 radical (unpaired) electrons. The van der Waals surface area contributed by atoms with E-state index in [1.54, 1.807) is 12.1 Å². The van der Waals surface area contributed by atoms with Crippen LogP contribution in [0.5, 0.6) is 0 Å². The lowest BCUT2D eigenvalue weighted by Crippen LogP contribution is -2.29. The monoisotopic (exact) mass is 314 g/mol. The van der Waals surface area contributed by atoms with E-state index in [-0.39, 0.29) is 0 Å². The predicted molar refractivity (Wildman–Crippen MR) is 76.8 cm³/mol. The van der Waals surface area contributed by atoms with Crippen LogP contribution in [0.25, 0.3) is 0 Å². The highest BCUT2D eigenvalue weighted by atomic mass is 35.5. The predicted octanol–water partition coefficient (Wildman–Crippen LogP) is 4.22. The zero-order chi connectivity index (χ0) is 15.6. The topological polar surface area (TPSA) is 38.0 Å². The summed E-state index contributed by atoms with van der Waals surface area (Å²) in [5.74, 6) is 5.54. The van der Waals surface area contributed by atoms with Gasteiger partial charge in [-0.05, 0) is 41.8 Å². The van der Waals surface area contributed by atoms with Crippen LogP contribution in [-0.2, 0) is 6.18 Å². The second-order valence-corrected chi connectivity index (χ2v) is 5.14. The lowest BCUT2D eigenvalue weighted by molar-refractivity contribution is -0.137. The smallest absolute Gasteiger partial charge is 0.271 e. The van der Waals surface area contributed by atoms with Crippen LogP contribution in [0.3, 0.4) is 0 Å². The van der Waals surface area contributed by atoms with Gasteiger partial charge in [0.25, 0.3) is 0 Å². The lowest BCUT2D eigenvalue weighted by Gasteiger charge is -2.18. The standard InChI is InChI=1S/C15H14ClF3N2/c1-9-8-11(4-7-13(9)16)14(21-20)10-2-5-12(6-3-10)15(17,18)19/h2-8,14,21H,20H2,1H3. The third-order valence-electron chi connectivity index (χ3n) is 3.25. The first kappa shape index (κ1) is 15.8. The van der Waals surface area contributed by atoms with Crippen molar-refractivity contribution in [3.63, 3.8) is 0 Å². The molecular formula is C15H14ClF3N2. The number of nitrogens with two attached hydrogens (primary N) is 1. The van der Waals surface area contributed by atoms with Crippen molar-refractivity contribution in [2.75, 3.05) is 0 Å². The summed E-state index contributed by atoms with van der Waals surface area (Å²) >= 11 is 5.97. The van der Waals surface area contributed by atoms with E-state index in [1.807, 2.05) is 13.0 Å². The van der Waals surface area contributed by atoms with Gasteiger partial charge < -0.3 is 0 Å². The molecule has 0 saturated carbocycles. The first-order valence-electron chi connectivity index (χ1n) is 6.22. The maximum absolute atomic E-state index is 12.6. The Hall–Kier alpha value is -1.56. The Morgan fingerprint density at radius 1 is 1.05 bits per heavy atom. The van der Waals surface area contributed by atoms with E-state index in [0.29, 0.717) is 10.6 Å². The molecule has 6 heteroatoms. The molecule has 21 heavy (non-hydrogen) atoms. The van der Waals surface area contributed by atoms with E-state index in [4.69, 9.17) is 17.4 Å². The Kier molecular flexibility index (Phi) is 4.56. The average molecular weight is 315 g/mol. The molecule has 0 spiro atoms. The second kappa shape index (κ2) is 6.05. The molecular weight excluding hydrogens is 301 g/mol. The first-order valence-corrected chi connectivity index (χ1v) is 6.60. The van der Waals surface area contributed by atoms with Crippen LogP contribution in [0.1, 0.15) is 28.3 Å². The lowest BCUT2D eigenvalue weighted by atomic mass is 9.97. The summed E-state index contributed by atoms with van der Waals surface area (Å²) in [5.41, 5.74) is 4.28. The highest BCUT2D eigenvalue weighted by molar-refractivity contribution is 6.31. The van der Waals surface area contributed by atoms with Crippen molar-refractivity contribution in [1.29, 1.82) is 0 Å². The van der Waals surface area contributed by atoms with Gasteiger partial charge in [-0.2, -0.15) is 13.2 Å². The molecule has 0 aromatic heterocycles. The Balaban J connectivity index is 2.35. The quantitative estimate of drug-likeness (QED) is 0.657. The van der Waals surface area contributed by atoms with Crippen LogP contribution in [-0.4, -0.2) is 0 Å². The van der Waals surface area contributed by atoms with E-state index in [0.717, 1.165) is 23.3 Å². The summed E-state index contributed by atoms with van der Waals surface area (Å²) < 4.78 is 37.7. The van der Waals surface area contributed by atoms with Gasteiger partial charge in [-0.15, -0.1) is 0 Å². The maximum atomic E-state index is 12.6. The fraction of sp³-hybridized carbons (Fsp3) is 0.200. The summed E-state index contributed by atoms with van der Waals surface area (Å²) in [7, 11) is 0. The Bertz CT molecular complexity index is 624. The summed E-state index contributed by atoms with van der Waals surface area (Å²) in [6.45, 7) is 1.85. The van der Waals surface area contributed by atoms with Crippen LogP contribution in [0.15, 0.2) is 42.5 Å². The van der Waals surface area contributed by atoms with Crippen LogP contribution >= 0.6 is 11.6 Å². The Morgan fingerprint density at radius 3 is 2.10 bits per heavy atom. The summed E-state index contributed by atoms with van der Waals surface area (Å²) in [5, 5.41) is 0.627. The molecule has 2 nitrogen and oxygen atoms in total. The van der Waals surface area contributed by atoms with Gasteiger partial charge in [0.2, 0.25) is 0 Å². The van der Waals surface area contributed by atoms with Crippen molar-refractivity contribution in [2.24, 2.45) is 5.84 Å². The number of halogens is 4. The van der Waals surface area contributed by atoms with Gasteiger partial charge >= 0.3 is 6.18 Å². The fourth-order valence-corrected chi connectivity index (χ4v) is 2.21. The van der Waals surface area contributed by atoms with E-state index >= 15 is 0 Å². The van der Waals surface area contributed by atoms with Gasteiger partial charge in [0.15, 0.2) is 0 Å². The molecule has 3 N–H and O–H groups in total. The average Bonchev–Trinajstić information content (AvgIpc) is 2.43. The minimum absolute atomic E-state index is 0.400. The molecule has 0 aliphatic rings. The van der Waals surface area contributed by atoms with Gasteiger partial charge in [0, 0.05) is 5.02 Å². The van der Waals surface area contributed by atoms with Gasteiger partial charge in [0.1, 0.15) is 0 Å². The van der Waals surface area contributed by atoms with E-state index in [1.165, 1.54) is 12.1 Å². The zero-order valence-electron chi connectivity index (χ0n) is 11.2. The van der Waals surface area contributed by atoms with Crippen LogP contribution in [0, 0.1) is 6.92 Å². The van der Waals surface area contributed by atoms with E-state index in [2.05, 4.69) is 5.43 Å². The number of nitrogens with one attached hydrogen (secondary N) is 1. The van der Waals surface area contributed by atoms with E-state index in [9.17, 15) is 13.2 Å². The van der Waals surface area contributed by atoms with Gasteiger partial charge in [-0.25, -0.2) is 5.43 Å². The molecule has 1 unspecified atom stereocenters. The Morgan fingerprint density at radius 2 is 1.62 bits per heavy atom. The number of alkyl halides is 3. The zero-order valence-corrected chi connectivity index (χ0v) is 12.0. The molecule has 2 rings (SSSR count). The minimum atomic E-state index is -4.35. The SMILES string of the molecule is Cc1cc(C(NN)c2ccc(C(F)(F)F)cc2)ccc1Cl. The van der Waals surface area contributed by atoms with Crippen LogP contribution in [0.2, 0.25) is 5.02 Å². The van der Waals surface area contributed by atoms with Crippen LogP contribution < -0.4 is 11.3 Å². The number of hydrazine groups is 1. The van der Waals surface area contributed by atoms with Gasteiger partial charge in [-0.1, -0.05) is 35.9 Å². The largest absolute Gasteiger partial charge is 0.416 e. The van der Waals surface area contributed by atoms with Crippen molar-refractivity contribution in [1.82, 2.24) is 5.43 Å². The molecule has 0 heterocycles. The molecule has 0 bridgehead atoms. The maximum Gasteiger partial charge on any atom is 0.416 e. The van der Waals surface area contributed by atoms with Crippen molar-refractivity contribution in [2.45, 2.75) is 19.1 Å². The Labute approximate surface area is 125 Å². The van der Waals surface area contributed by atoms with Gasteiger partial charge in [0.05, 0.1) is 11.6 Å². The highest BCUT2D eigenvalue weighted by Crippen LogP contribution is 2.31. The summed E-state index contributed by atoms with van der Waals surface area (Å²) in [6, 6.07) is 9.89.